The van der Waals surface area contributed by atoms with Crippen molar-refractivity contribution >= 4 is 27.5 Å². The minimum Gasteiger partial charge on any atom is -0.352 e. The molecule has 0 aromatic heterocycles. The largest absolute Gasteiger partial charge is 0.352 e. The molecule has 3 rings (SSSR count). The number of benzene rings is 2. The van der Waals surface area contributed by atoms with Crippen molar-refractivity contribution in [2.45, 2.75) is 90.8 Å². The molecule has 1 atom stereocenters. The minimum absolute atomic E-state index is 0.102. The van der Waals surface area contributed by atoms with Crippen molar-refractivity contribution in [1.82, 2.24) is 10.2 Å². The summed E-state index contributed by atoms with van der Waals surface area (Å²) in [5.41, 5.74) is 3.79. The summed E-state index contributed by atoms with van der Waals surface area (Å²) < 4.78 is 26.5. The smallest absolute Gasteiger partial charge is 0.243 e. The predicted molar refractivity (Wildman–Crippen MR) is 153 cm³/mol. The average Bonchev–Trinajstić information content (AvgIpc) is 3.40. The Hall–Kier alpha value is -2.87. The summed E-state index contributed by atoms with van der Waals surface area (Å²) in [6.45, 7) is 6.53. The maximum atomic E-state index is 13.6. The van der Waals surface area contributed by atoms with Gasteiger partial charge >= 0.3 is 0 Å². The van der Waals surface area contributed by atoms with E-state index in [1.54, 1.807) is 4.90 Å². The molecule has 0 radical (unpaired) electrons. The van der Waals surface area contributed by atoms with Gasteiger partial charge in [-0.2, -0.15) is 0 Å². The van der Waals surface area contributed by atoms with Gasteiger partial charge in [0.15, 0.2) is 0 Å². The van der Waals surface area contributed by atoms with Crippen molar-refractivity contribution < 1.29 is 18.0 Å². The van der Waals surface area contributed by atoms with Gasteiger partial charge in [0.25, 0.3) is 0 Å². The van der Waals surface area contributed by atoms with E-state index >= 15 is 0 Å². The number of carbonyl (C=O) groups excluding carboxylic acids is 2. The summed E-state index contributed by atoms with van der Waals surface area (Å²) in [5, 5.41) is 3.17. The lowest BCUT2D eigenvalue weighted by Crippen LogP contribution is -2.51. The van der Waals surface area contributed by atoms with Gasteiger partial charge in [-0.15, -0.1) is 0 Å². The van der Waals surface area contributed by atoms with Crippen LogP contribution in [0.25, 0.3) is 0 Å². The number of carbonyl (C=O) groups is 2. The lowest BCUT2D eigenvalue weighted by atomic mass is 10.0. The van der Waals surface area contributed by atoms with Crippen LogP contribution in [0, 0.1) is 6.92 Å². The molecule has 7 nitrogen and oxygen atoms in total. The standard InChI is InChI=1S/C30H43N3O4S/c1-5-24-17-19-27(20-18-24)33(38(4,36)37)21-11-16-29(34)32(22-25-13-8-7-12-23(25)3)28(6-2)30(35)31-26-14-9-10-15-26/h7-8,12-13,17-20,26,28H,5-6,9-11,14-16,21-22H2,1-4H3,(H,31,35). The Balaban J connectivity index is 1.75. The fraction of sp³-hybridized carbons (Fsp3) is 0.533. The zero-order valence-corrected chi connectivity index (χ0v) is 24.1. The Bertz CT molecular complexity index is 1170. The third-order valence-corrected chi connectivity index (χ3v) is 8.67. The van der Waals surface area contributed by atoms with Gasteiger partial charge in [-0.05, 0) is 67.9 Å². The van der Waals surface area contributed by atoms with Crippen molar-refractivity contribution in [3.63, 3.8) is 0 Å². The number of nitrogens with one attached hydrogen (secondary N) is 1. The number of sulfonamides is 1. The van der Waals surface area contributed by atoms with Crippen molar-refractivity contribution in [1.29, 1.82) is 0 Å². The van der Waals surface area contributed by atoms with E-state index in [0.717, 1.165) is 48.8 Å². The molecule has 1 N–H and O–H groups in total. The van der Waals surface area contributed by atoms with E-state index in [0.29, 0.717) is 25.1 Å². The second kappa shape index (κ2) is 13.8. The first-order chi connectivity index (χ1) is 18.1. The van der Waals surface area contributed by atoms with Crippen LogP contribution in [0.15, 0.2) is 48.5 Å². The van der Waals surface area contributed by atoms with Gasteiger partial charge < -0.3 is 10.2 Å². The van der Waals surface area contributed by atoms with E-state index in [9.17, 15) is 18.0 Å². The SMILES string of the molecule is CCc1ccc(N(CCCC(=O)N(Cc2ccccc2C)C(CC)C(=O)NC2CCCC2)S(C)(=O)=O)cc1. The molecule has 1 saturated carbocycles. The molecule has 2 aromatic rings. The molecule has 8 heteroatoms. The molecule has 0 saturated heterocycles. The number of hydrogen-bond acceptors (Lipinski definition) is 4. The van der Waals surface area contributed by atoms with E-state index in [4.69, 9.17) is 0 Å². The molecular weight excluding hydrogens is 498 g/mol. The third-order valence-electron chi connectivity index (χ3n) is 7.47. The Labute approximate surface area is 228 Å². The summed E-state index contributed by atoms with van der Waals surface area (Å²) in [4.78, 5) is 28.6. The molecule has 1 fully saturated rings. The van der Waals surface area contributed by atoms with Crippen molar-refractivity contribution in [3.8, 4) is 0 Å². The molecule has 2 aromatic carbocycles. The first-order valence-corrected chi connectivity index (χ1v) is 15.7. The fourth-order valence-corrected chi connectivity index (χ4v) is 6.13. The molecule has 1 unspecified atom stereocenters. The van der Waals surface area contributed by atoms with Gasteiger partial charge in [-0.25, -0.2) is 8.42 Å². The average molecular weight is 542 g/mol. The van der Waals surface area contributed by atoms with Crippen LogP contribution in [0.4, 0.5) is 5.69 Å². The lowest BCUT2D eigenvalue weighted by molar-refractivity contribution is -0.141. The molecule has 0 aliphatic heterocycles. The highest BCUT2D eigenvalue weighted by Gasteiger charge is 2.31. The van der Waals surface area contributed by atoms with Gasteiger partial charge in [0.05, 0.1) is 11.9 Å². The van der Waals surface area contributed by atoms with E-state index in [1.165, 1.54) is 10.6 Å². The molecule has 1 aliphatic rings. The monoisotopic (exact) mass is 541 g/mol. The maximum Gasteiger partial charge on any atom is 0.243 e. The van der Waals surface area contributed by atoms with Crippen LogP contribution in [0.5, 0.6) is 0 Å². The van der Waals surface area contributed by atoms with Crippen LogP contribution in [0.3, 0.4) is 0 Å². The quantitative estimate of drug-likeness (QED) is 0.388. The van der Waals surface area contributed by atoms with Crippen molar-refractivity contribution in [3.05, 3.63) is 65.2 Å². The number of rotatable bonds is 13. The van der Waals surface area contributed by atoms with Gasteiger partial charge in [0.1, 0.15) is 6.04 Å². The molecule has 0 heterocycles. The lowest BCUT2D eigenvalue weighted by Gasteiger charge is -2.32. The van der Waals surface area contributed by atoms with Crippen molar-refractivity contribution in [2.75, 3.05) is 17.1 Å². The second-order valence-corrected chi connectivity index (χ2v) is 12.2. The fourth-order valence-electron chi connectivity index (χ4n) is 5.16. The summed E-state index contributed by atoms with van der Waals surface area (Å²) in [6.07, 6.45) is 7.27. The van der Waals surface area contributed by atoms with Crippen LogP contribution < -0.4 is 9.62 Å². The number of nitrogens with zero attached hydrogens (tertiary/aromatic N) is 2. The van der Waals surface area contributed by atoms with E-state index in [1.807, 2.05) is 62.4 Å². The maximum absolute atomic E-state index is 13.6. The Morgan fingerprint density at radius 2 is 1.68 bits per heavy atom. The Morgan fingerprint density at radius 3 is 2.26 bits per heavy atom. The number of aryl methyl sites for hydroxylation is 2. The highest BCUT2D eigenvalue weighted by atomic mass is 32.2. The van der Waals surface area contributed by atoms with Crippen LogP contribution in [0.1, 0.15) is 75.5 Å². The van der Waals surface area contributed by atoms with Gasteiger partial charge in [0.2, 0.25) is 21.8 Å². The third kappa shape index (κ3) is 8.06. The number of hydrogen-bond donors (Lipinski definition) is 1. The highest BCUT2D eigenvalue weighted by Crippen LogP contribution is 2.22. The van der Waals surface area contributed by atoms with Crippen LogP contribution in [-0.2, 0) is 32.6 Å². The highest BCUT2D eigenvalue weighted by molar-refractivity contribution is 7.92. The normalized spacial score (nSPS) is 14.7. The van der Waals surface area contributed by atoms with Gasteiger partial charge in [-0.1, -0.05) is 63.1 Å². The summed E-state index contributed by atoms with van der Waals surface area (Å²) in [5.74, 6) is -0.244. The topological polar surface area (TPSA) is 86.8 Å². The molecule has 38 heavy (non-hydrogen) atoms. The van der Waals surface area contributed by atoms with E-state index in [-0.39, 0.29) is 30.8 Å². The summed E-state index contributed by atoms with van der Waals surface area (Å²) in [6, 6.07) is 15.0. The molecule has 0 bridgehead atoms. The van der Waals surface area contributed by atoms with Crippen LogP contribution >= 0.6 is 0 Å². The summed E-state index contributed by atoms with van der Waals surface area (Å²) in [7, 11) is -3.51. The van der Waals surface area contributed by atoms with Crippen molar-refractivity contribution in [2.24, 2.45) is 0 Å². The Kier molecular flexibility index (Phi) is 10.8. The van der Waals surface area contributed by atoms with Crippen LogP contribution in [-0.4, -0.2) is 50.0 Å². The first-order valence-electron chi connectivity index (χ1n) is 13.8. The molecular formula is C30H43N3O4S. The molecule has 208 valence electrons. The zero-order valence-electron chi connectivity index (χ0n) is 23.3. The van der Waals surface area contributed by atoms with Crippen LogP contribution in [0.2, 0.25) is 0 Å². The van der Waals surface area contributed by atoms with E-state index < -0.39 is 16.1 Å². The Morgan fingerprint density at radius 1 is 1.03 bits per heavy atom. The predicted octanol–water partition coefficient (Wildman–Crippen LogP) is 4.97. The second-order valence-electron chi connectivity index (χ2n) is 10.3. The first kappa shape index (κ1) is 29.7. The van der Waals surface area contributed by atoms with E-state index in [2.05, 4.69) is 12.2 Å². The zero-order chi connectivity index (χ0) is 27.7. The molecule has 1 aliphatic carbocycles. The van der Waals surface area contributed by atoms with Gasteiger partial charge in [-0.3, -0.25) is 13.9 Å². The van der Waals surface area contributed by atoms with Gasteiger partial charge in [0, 0.05) is 25.6 Å². The minimum atomic E-state index is -3.51. The number of anilines is 1. The molecule has 0 spiro atoms. The number of amides is 2. The summed E-state index contributed by atoms with van der Waals surface area (Å²) >= 11 is 0. The molecule has 2 amide bonds.